The van der Waals surface area contributed by atoms with Crippen LogP contribution in [0.15, 0.2) is 15.8 Å². The molecule has 0 aliphatic rings. The first-order chi connectivity index (χ1) is 9.51. The number of hydrogen-bond donors (Lipinski definition) is 1. The fourth-order valence-corrected chi connectivity index (χ4v) is 2.83. The van der Waals surface area contributed by atoms with Gasteiger partial charge >= 0.3 is 5.69 Å². The molecule has 0 saturated carbocycles. The molecule has 1 aromatic rings. The second-order valence-electron chi connectivity index (χ2n) is 5.95. The molecule has 0 amide bonds. The molecule has 0 aromatic carbocycles. The van der Waals surface area contributed by atoms with Crippen LogP contribution in [0.4, 0.5) is 5.69 Å². The van der Waals surface area contributed by atoms with Crippen LogP contribution in [0.2, 0.25) is 0 Å². The number of aromatic nitrogens is 2. The predicted molar refractivity (Wildman–Crippen MR) is 83.2 cm³/mol. The summed E-state index contributed by atoms with van der Waals surface area (Å²) in [4.78, 5) is 24.1. The van der Waals surface area contributed by atoms with E-state index in [2.05, 4.69) is 0 Å². The minimum atomic E-state index is -3.42. The molecule has 0 fully saturated rings. The normalized spacial score (nSPS) is 12.6. The van der Waals surface area contributed by atoms with Gasteiger partial charge in [0.15, 0.2) is 9.84 Å². The monoisotopic (exact) mass is 317 g/mol. The van der Waals surface area contributed by atoms with Gasteiger partial charge in [-0.1, -0.05) is 6.92 Å². The van der Waals surface area contributed by atoms with Crippen LogP contribution in [0, 0.1) is 0 Å². The molecule has 8 heteroatoms. The molecule has 0 bridgehead atoms. The average Bonchev–Trinajstić information content (AvgIpc) is 2.34. The molecule has 120 valence electrons. The third-order valence-electron chi connectivity index (χ3n) is 3.24. The highest BCUT2D eigenvalue weighted by molar-refractivity contribution is 7.92. The van der Waals surface area contributed by atoms with Crippen molar-refractivity contribution in [3.8, 4) is 0 Å². The zero-order valence-electron chi connectivity index (χ0n) is 12.9. The topological polar surface area (TPSA) is 104 Å². The second kappa shape index (κ2) is 6.05. The fourth-order valence-electron chi connectivity index (χ4n) is 1.79. The largest absolute Gasteiger partial charge is 0.393 e. The van der Waals surface area contributed by atoms with Crippen LogP contribution in [0.25, 0.3) is 0 Å². The van der Waals surface area contributed by atoms with Crippen LogP contribution < -0.4 is 17.0 Å². The molecule has 1 rings (SSSR count). The van der Waals surface area contributed by atoms with E-state index in [1.807, 2.05) is 6.92 Å². The van der Waals surface area contributed by atoms with E-state index in [1.165, 1.54) is 10.8 Å². The Morgan fingerprint density at radius 2 is 1.76 bits per heavy atom. The average molecular weight is 317 g/mol. The molecular weight excluding hydrogens is 294 g/mol. The number of nitrogens with zero attached hydrogens (tertiary/aromatic N) is 2. The molecule has 0 unspecified atom stereocenters. The van der Waals surface area contributed by atoms with Crippen molar-refractivity contribution >= 4 is 15.5 Å². The second-order valence-corrected chi connectivity index (χ2v) is 8.81. The highest BCUT2D eigenvalue weighted by atomic mass is 32.2. The third-order valence-corrected chi connectivity index (χ3v) is 5.83. The Hall–Kier alpha value is -1.57. The summed E-state index contributed by atoms with van der Waals surface area (Å²) in [5.41, 5.74) is 4.37. The van der Waals surface area contributed by atoms with Gasteiger partial charge in [-0.15, -0.1) is 0 Å². The maximum absolute atomic E-state index is 12.2. The van der Waals surface area contributed by atoms with Crippen LogP contribution in [-0.2, 0) is 22.9 Å². The number of nitrogens with two attached hydrogens (primary N) is 1. The number of nitrogen functional groups attached to an aromatic ring is 1. The third kappa shape index (κ3) is 3.75. The van der Waals surface area contributed by atoms with E-state index in [9.17, 15) is 18.0 Å². The van der Waals surface area contributed by atoms with Gasteiger partial charge in [0, 0.05) is 19.3 Å². The maximum atomic E-state index is 12.2. The summed E-state index contributed by atoms with van der Waals surface area (Å²) in [6.07, 6.45) is 2.01. The molecule has 21 heavy (non-hydrogen) atoms. The summed E-state index contributed by atoms with van der Waals surface area (Å²) in [6.45, 7) is 6.88. The van der Waals surface area contributed by atoms with Gasteiger partial charge in [0.05, 0.1) is 10.5 Å². The van der Waals surface area contributed by atoms with E-state index in [1.54, 1.807) is 20.8 Å². The van der Waals surface area contributed by atoms with Crippen LogP contribution >= 0.6 is 0 Å². The lowest BCUT2D eigenvalue weighted by molar-refractivity contribution is 0.537. The molecule has 0 radical (unpaired) electrons. The smallest absolute Gasteiger partial charge is 0.331 e. The summed E-state index contributed by atoms with van der Waals surface area (Å²) in [5.74, 6) is -0.277. The van der Waals surface area contributed by atoms with Gasteiger partial charge in [-0.2, -0.15) is 0 Å². The molecule has 2 N–H and O–H groups in total. The lowest BCUT2D eigenvalue weighted by Gasteiger charge is -2.19. The van der Waals surface area contributed by atoms with Crippen LogP contribution in [0.1, 0.15) is 34.1 Å². The number of sulfone groups is 1. The van der Waals surface area contributed by atoms with Gasteiger partial charge in [0.1, 0.15) is 5.69 Å². The van der Waals surface area contributed by atoms with Crippen molar-refractivity contribution in [2.24, 2.45) is 0 Å². The number of hydrogen-bond acceptors (Lipinski definition) is 5. The van der Waals surface area contributed by atoms with Crippen LogP contribution in [0.5, 0.6) is 0 Å². The Morgan fingerprint density at radius 1 is 1.19 bits per heavy atom. The molecule has 0 aliphatic heterocycles. The van der Waals surface area contributed by atoms with Crippen molar-refractivity contribution < 1.29 is 8.42 Å². The van der Waals surface area contributed by atoms with E-state index in [0.717, 1.165) is 4.57 Å². The first-order valence-electron chi connectivity index (χ1n) is 6.83. The van der Waals surface area contributed by atoms with Crippen LogP contribution in [-0.4, -0.2) is 28.1 Å². The zero-order valence-corrected chi connectivity index (χ0v) is 13.7. The first kappa shape index (κ1) is 17.5. The lowest BCUT2D eigenvalue weighted by Crippen LogP contribution is -2.43. The number of aryl methyl sites for hydroxylation is 1. The van der Waals surface area contributed by atoms with Gasteiger partial charge in [0.2, 0.25) is 0 Å². The summed E-state index contributed by atoms with van der Waals surface area (Å²) in [6, 6.07) is 0. The summed E-state index contributed by atoms with van der Waals surface area (Å²) < 4.78 is 25.5. The first-order valence-corrected chi connectivity index (χ1v) is 8.48. The zero-order chi connectivity index (χ0) is 16.4. The molecule has 0 aliphatic carbocycles. The molecule has 7 nitrogen and oxygen atoms in total. The molecular formula is C13H23N3O4S. The number of rotatable bonds is 5. The highest BCUT2D eigenvalue weighted by Gasteiger charge is 2.29. The molecule has 1 aromatic heterocycles. The van der Waals surface area contributed by atoms with Crippen molar-refractivity contribution in [2.75, 3.05) is 11.5 Å². The minimum Gasteiger partial charge on any atom is -0.393 e. The highest BCUT2D eigenvalue weighted by Crippen LogP contribution is 2.15. The SMILES string of the molecule is CCCn1cc(N)c(=O)n(CCS(=O)(=O)C(C)(C)C)c1=O. The predicted octanol–water partition coefficient (Wildman–Crippen LogP) is 0.216. The quantitative estimate of drug-likeness (QED) is 0.836. The standard InChI is InChI=1S/C13H23N3O4S/c1-5-6-15-9-10(14)11(17)16(12(15)18)7-8-21(19,20)13(2,3)4/h9H,5-8,14H2,1-4H3. The van der Waals surface area contributed by atoms with E-state index >= 15 is 0 Å². The Morgan fingerprint density at radius 3 is 2.24 bits per heavy atom. The van der Waals surface area contributed by atoms with E-state index in [-0.39, 0.29) is 18.0 Å². The summed E-state index contributed by atoms with van der Waals surface area (Å²) in [5, 5.41) is 0. The van der Waals surface area contributed by atoms with Crippen molar-refractivity contribution in [2.45, 2.75) is 52.0 Å². The van der Waals surface area contributed by atoms with Crippen molar-refractivity contribution in [1.82, 2.24) is 9.13 Å². The Kier molecular flexibility index (Phi) is 5.03. The summed E-state index contributed by atoms with van der Waals surface area (Å²) in [7, 11) is -3.42. The van der Waals surface area contributed by atoms with Crippen molar-refractivity contribution in [3.63, 3.8) is 0 Å². The fraction of sp³-hybridized carbons (Fsp3) is 0.692. The van der Waals surface area contributed by atoms with Gasteiger partial charge in [-0.25, -0.2) is 13.2 Å². The Balaban J connectivity index is 3.21. The number of anilines is 1. The Labute approximate surface area is 124 Å². The summed E-state index contributed by atoms with van der Waals surface area (Å²) >= 11 is 0. The molecule has 1 heterocycles. The van der Waals surface area contributed by atoms with Crippen molar-refractivity contribution in [3.05, 3.63) is 27.0 Å². The molecule has 0 saturated heterocycles. The molecule has 0 atom stereocenters. The molecule has 0 spiro atoms. The Bertz CT molecular complexity index is 723. The van der Waals surface area contributed by atoms with E-state index in [0.29, 0.717) is 13.0 Å². The van der Waals surface area contributed by atoms with Gasteiger partial charge in [0.25, 0.3) is 5.56 Å². The lowest BCUT2D eigenvalue weighted by atomic mass is 10.3. The van der Waals surface area contributed by atoms with Gasteiger partial charge in [-0.05, 0) is 27.2 Å². The van der Waals surface area contributed by atoms with E-state index < -0.39 is 25.8 Å². The van der Waals surface area contributed by atoms with E-state index in [4.69, 9.17) is 5.73 Å². The van der Waals surface area contributed by atoms with Gasteiger partial charge < -0.3 is 5.73 Å². The van der Waals surface area contributed by atoms with Crippen molar-refractivity contribution in [1.29, 1.82) is 0 Å². The van der Waals surface area contributed by atoms with Crippen LogP contribution in [0.3, 0.4) is 0 Å². The minimum absolute atomic E-state index is 0.0591. The van der Waals surface area contributed by atoms with Gasteiger partial charge in [-0.3, -0.25) is 13.9 Å². The maximum Gasteiger partial charge on any atom is 0.331 e.